The van der Waals surface area contributed by atoms with Gasteiger partial charge in [-0.15, -0.1) is 0 Å². The van der Waals surface area contributed by atoms with E-state index in [2.05, 4.69) is 5.32 Å². The summed E-state index contributed by atoms with van der Waals surface area (Å²) < 4.78 is 44.6. The molecule has 1 aliphatic heterocycles. The van der Waals surface area contributed by atoms with Crippen molar-refractivity contribution < 1.29 is 22.3 Å². The van der Waals surface area contributed by atoms with Crippen molar-refractivity contribution in [3.05, 3.63) is 30.1 Å². The number of rotatable bonds is 6. The van der Waals surface area contributed by atoms with E-state index in [-0.39, 0.29) is 17.3 Å². The van der Waals surface area contributed by atoms with E-state index < -0.39 is 21.9 Å². The Morgan fingerprint density at radius 3 is 2.70 bits per heavy atom. The maximum atomic E-state index is 13.0. The standard InChI is InChI=1S/C15H21FN2O4S/c1-22-11-9-17-15(19)14-4-2-3-10-18(14)23(20,21)13-7-5-12(16)6-8-13/h5-8,14H,2-4,9-11H2,1H3,(H,17,19)/t14-/m1/s1. The molecule has 23 heavy (non-hydrogen) atoms. The van der Waals surface area contributed by atoms with Crippen LogP contribution in [0, 0.1) is 5.82 Å². The highest BCUT2D eigenvalue weighted by atomic mass is 32.2. The highest BCUT2D eigenvalue weighted by Crippen LogP contribution is 2.25. The Morgan fingerprint density at radius 1 is 1.35 bits per heavy atom. The number of benzene rings is 1. The van der Waals surface area contributed by atoms with Crippen molar-refractivity contribution in [2.45, 2.75) is 30.2 Å². The zero-order valence-electron chi connectivity index (χ0n) is 13.0. The Labute approximate surface area is 135 Å². The predicted molar refractivity (Wildman–Crippen MR) is 82.8 cm³/mol. The molecule has 1 N–H and O–H groups in total. The molecule has 1 aliphatic rings. The topological polar surface area (TPSA) is 75.7 Å². The Kier molecular flexibility index (Phi) is 6.09. The molecule has 8 heteroatoms. The molecule has 1 heterocycles. The van der Waals surface area contributed by atoms with Crippen molar-refractivity contribution in [2.75, 3.05) is 26.8 Å². The Morgan fingerprint density at radius 2 is 2.04 bits per heavy atom. The number of nitrogens with one attached hydrogen (secondary N) is 1. The number of piperidine rings is 1. The minimum Gasteiger partial charge on any atom is -0.383 e. The third-order valence-electron chi connectivity index (χ3n) is 3.78. The van der Waals surface area contributed by atoms with Gasteiger partial charge in [0.2, 0.25) is 15.9 Å². The quantitative estimate of drug-likeness (QED) is 0.785. The number of carbonyl (C=O) groups excluding carboxylic acids is 1. The lowest BCUT2D eigenvalue weighted by Gasteiger charge is -2.33. The van der Waals surface area contributed by atoms with E-state index in [1.54, 1.807) is 0 Å². The number of hydrogen-bond donors (Lipinski definition) is 1. The van der Waals surface area contributed by atoms with Crippen molar-refractivity contribution >= 4 is 15.9 Å². The molecule has 6 nitrogen and oxygen atoms in total. The molecular weight excluding hydrogens is 323 g/mol. The third kappa shape index (κ3) is 4.27. The summed E-state index contributed by atoms with van der Waals surface area (Å²) in [5.41, 5.74) is 0. The average Bonchev–Trinajstić information content (AvgIpc) is 2.55. The maximum absolute atomic E-state index is 13.0. The van der Waals surface area contributed by atoms with Gasteiger partial charge in [-0.05, 0) is 37.1 Å². The molecule has 1 atom stereocenters. The third-order valence-corrected chi connectivity index (χ3v) is 5.70. The normalized spacial score (nSPS) is 19.5. The van der Waals surface area contributed by atoms with E-state index in [4.69, 9.17) is 4.74 Å². The van der Waals surface area contributed by atoms with E-state index in [0.29, 0.717) is 26.0 Å². The average molecular weight is 344 g/mol. The number of sulfonamides is 1. The van der Waals surface area contributed by atoms with Crippen molar-refractivity contribution in [3.63, 3.8) is 0 Å². The molecule has 0 aliphatic carbocycles. The van der Waals surface area contributed by atoms with Gasteiger partial charge in [0.05, 0.1) is 11.5 Å². The van der Waals surface area contributed by atoms with Crippen molar-refractivity contribution in [2.24, 2.45) is 0 Å². The monoisotopic (exact) mass is 344 g/mol. The van der Waals surface area contributed by atoms with Gasteiger partial charge in [0.15, 0.2) is 0 Å². The van der Waals surface area contributed by atoms with Crippen LogP contribution in [0.4, 0.5) is 4.39 Å². The second-order valence-corrected chi connectivity index (χ2v) is 7.26. The fourth-order valence-corrected chi connectivity index (χ4v) is 4.25. The Balaban J connectivity index is 2.19. The molecule has 0 aromatic heterocycles. The summed E-state index contributed by atoms with van der Waals surface area (Å²) in [6, 6.07) is 3.91. The van der Waals surface area contributed by atoms with Crippen LogP contribution in [0.5, 0.6) is 0 Å². The SMILES string of the molecule is COCCNC(=O)[C@H]1CCCCN1S(=O)(=O)c1ccc(F)cc1. The molecule has 128 valence electrons. The van der Waals surface area contributed by atoms with Gasteiger partial charge in [-0.1, -0.05) is 6.42 Å². The molecule has 0 spiro atoms. The number of nitrogens with zero attached hydrogens (tertiary/aromatic N) is 1. The minimum absolute atomic E-state index is 0.00417. The molecule has 1 saturated heterocycles. The predicted octanol–water partition coefficient (Wildman–Crippen LogP) is 1.13. The maximum Gasteiger partial charge on any atom is 0.243 e. The number of halogens is 1. The van der Waals surface area contributed by atoms with Crippen LogP contribution in [0.15, 0.2) is 29.2 Å². The van der Waals surface area contributed by atoms with E-state index >= 15 is 0 Å². The molecule has 1 fully saturated rings. The largest absolute Gasteiger partial charge is 0.383 e. The minimum atomic E-state index is -3.83. The lowest BCUT2D eigenvalue weighted by molar-refractivity contribution is -0.125. The first kappa shape index (κ1) is 17.8. The molecule has 0 unspecified atom stereocenters. The Bertz CT molecular complexity index is 633. The number of methoxy groups -OCH3 is 1. The van der Waals surface area contributed by atoms with E-state index in [1.165, 1.54) is 23.5 Å². The van der Waals surface area contributed by atoms with Gasteiger partial charge >= 0.3 is 0 Å². The molecule has 1 aromatic carbocycles. The van der Waals surface area contributed by atoms with Crippen molar-refractivity contribution in [1.29, 1.82) is 0 Å². The second kappa shape index (κ2) is 7.85. The van der Waals surface area contributed by atoms with Gasteiger partial charge in [0, 0.05) is 20.2 Å². The van der Waals surface area contributed by atoms with Crippen LogP contribution in [0.3, 0.4) is 0 Å². The number of carbonyl (C=O) groups is 1. The lowest BCUT2D eigenvalue weighted by atomic mass is 10.0. The fraction of sp³-hybridized carbons (Fsp3) is 0.533. The van der Waals surface area contributed by atoms with Crippen molar-refractivity contribution in [3.8, 4) is 0 Å². The van der Waals surface area contributed by atoms with Crippen LogP contribution < -0.4 is 5.32 Å². The molecular formula is C15H21FN2O4S. The van der Waals surface area contributed by atoms with Gasteiger partial charge < -0.3 is 10.1 Å². The van der Waals surface area contributed by atoms with Gasteiger partial charge in [-0.3, -0.25) is 4.79 Å². The van der Waals surface area contributed by atoms with Gasteiger partial charge in [-0.25, -0.2) is 12.8 Å². The molecule has 1 aromatic rings. The molecule has 0 bridgehead atoms. The second-order valence-electron chi connectivity index (χ2n) is 5.37. The first-order valence-electron chi connectivity index (χ1n) is 7.51. The Hall–Kier alpha value is -1.51. The number of amides is 1. The number of ether oxygens (including phenoxy) is 1. The fourth-order valence-electron chi connectivity index (χ4n) is 2.59. The molecule has 0 saturated carbocycles. The van der Waals surface area contributed by atoms with Crippen LogP contribution >= 0.6 is 0 Å². The molecule has 2 rings (SSSR count). The highest BCUT2D eigenvalue weighted by molar-refractivity contribution is 7.89. The highest BCUT2D eigenvalue weighted by Gasteiger charge is 2.37. The van der Waals surface area contributed by atoms with Crippen LogP contribution in [0.25, 0.3) is 0 Å². The number of hydrogen-bond acceptors (Lipinski definition) is 4. The summed E-state index contributed by atoms with van der Waals surface area (Å²) in [6.45, 7) is 0.974. The van der Waals surface area contributed by atoms with E-state index in [1.807, 2.05) is 0 Å². The first-order valence-corrected chi connectivity index (χ1v) is 8.95. The smallest absolute Gasteiger partial charge is 0.243 e. The van der Waals surface area contributed by atoms with Crippen LogP contribution in [0.2, 0.25) is 0 Å². The summed E-state index contributed by atoms with van der Waals surface area (Å²) in [7, 11) is -2.30. The van der Waals surface area contributed by atoms with Gasteiger partial charge in [-0.2, -0.15) is 4.31 Å². The van der Waals surface area contributed by atoms with Crippen LogP contribution in [-0.4, -0.2) is 51.5 Å². The summed E-state index contributed by atoms with van der Waals surface area (Å²) in [6.07, 6.45) is 1.96. The zero-order valence-corrected chi connectivity index (χ0v) is 13.8. The van der Waals surface area contributed by atoms with Gasteiger partial charge in [0.1, 0.15) is 11.9 Å². The summed E-state index contributed by atoms with van der Waals surface area (Å²) >= 11 is 0. The first-order chi connectivity index (χ1) is 11.0. The summed E-state index contributed by atoms with van der Waals surface area (Å²) in [4.78, 5) is 12.3. The zero-order chi connectivity index (χ0) is 16.9. The van der Waals surface area contributed by atoms with E-state index in [0.717, 1.165) is 18.6 Å². The van der Waals surface area contributed by atoms with E-state index in [9.17, 15) is 17.6 Å². The van der Waals surface area contributed by atoms with Gasteiger partial charge in [0.25, 0.3) is 0 Å². The lowest BCUT2D eigenvalue weighted by Crippen LogP contribution is -2.52. The molecule has 0 radical (unpaired) electrons. The summed E-state index contributed by atoms with van der Waals surface area (Å²) in [5, 5.41) is 2.69. The summed E-state index contributed by atoms with van der Waals surface area (Å²) in [5.74, 6) is -0.830. The van der Waals surface area contributed by atoms with Crippen LogP contribution in [-0.2, 0) is 19.6 Å². The van der Waals surface area contributed by atoms with Crippen molar-refractivity contribution in [1.82, 2.24) is 9.62 Å². The molecule has 1 amide bonds. The van der Waals surface area contributed by atoms with Crippen LogP contribution in [0.1, 0.15) is 19.3 Å².